The van der Waals surface area contributed by atoms with Gasteiger partial charge in [-0.2, -0.15) is 5.26 Å². The summed E-state index contributed by atoms with van der Waals surface area (Å²) >= 11 is 0. The normalized spacial score (nSPS) is 19.0. The Labute approximate surface area is 87.3 Å². The van der Waals surface area contributed by atoms with Crippen molar-refractivity contribution in [1.29, 1.82) is 5.26 Å². The average Bonchev–Trinajstić information content (AvgIpc) is 2.84. The molecule has 14 heavy (non-hydrogen) atoms. The minimum Gasteiger partial charge on any atom is -0.308 e. The highest BCUT2D eigenvalue weighted by molar-refractivity contribution is 5.19. The van der Waals surface area contributed by atoms with Crippen molar-refractivity contribution in [3.05, 3.63) is 0 Å². The van der Waals surface area contributed by atoms with Crippen LogP contribution in [0.4, 0.5) is 0 Å². The quantitative estimate of drug-likeness (QED) is 0.662. The number of hydrogen-bond acceptors (Lipinski definition) is 3. The third kappa shape index (κ3) is 2.46. The molecule has 0 unspecified atom stereocenters. The Morgan fingerprint density at radius 2 is 1.86 bits per heavy atom. The van der Waals surface area contributed by atoms with Crippen LogP contribution in [0.1, 0.15) is 26.7 Å². The number of nitrogens with zero attached hydrogens (tertiary/aromatic N) is 3. The zero-order valence-corrected chi connectivity index (χ0v) is 9.75. The lowest BCUT2D eigenvalue weighted by Gasteiger charge is -2.31. The maximum absolute atomic E-state index is 9.14. The molecule has 1 aliphatic carbocycles. The Hall–Kier alpha value is -0.590. The highest BCUT2D eigenvalue weighted by atomic mass is 15.3. The molecular weight excluding hydrogens is 174 g/mol. The smallest absolute Gasteiger partial charge is 0.109 e. The van der Waals surface area contributed by atoms with Crippen LogP contribution < -0.4 is 0 Å². The Morgan fingerprint density at radius 1 is 1.29 bits per heavy atom. The van der Waals surface area contributed by atoms with Crippen molar-refractivity contribution >= 4 is 0 Å². The monoisotopic (exact) mass is 195 g/mol. The number of hydrogen-bond donors (Lipinski definition) is 0. The molecule has 0 radical (unpaired) electrons. The van der Waals surface area contributed by atoms with E-state index in [1.165, 1.54) is 0 Å². The molecule has 0 heterocycles. The van der Waals surface area contributed by atoms with E-state index in [1.54, 1.807) is 0 Å². The van der Waals surface area contributed by atoms with Crippen LogP contribution in [0.15, 0.2) is 0 Å². The van der Waals surface area contributed by atoms with Crippen molar-refractivity contribution < 1.29 is 0 Å². The molecule has 0 aromatic heterocycles. The minimum atomic E-state index is -0.121. The molecule has 1 aliphatic rings. The topological polar surface area (TPSA) is 30.3 Å². The molecule has 3 nitrogen and oxygen atoms in total. The molecule has 1 fully saturated rings. The van der Waals surface area contributed by atoms with E-state index in [0.717, 1.165) is 25.9 Å². The zero-order valence-electron chi connectivity index (χ0n) is 9.75. The minimum absolute atomic E-state index is 0.121. The lowest BCUT2D eigenvalue weighted by molar-refractivity contribution is 0.155. The molecule has 0 bridgehead atoms. The molecule has 3 heteroatoms. The second-order valence-corrected chi connectivity index (χ2v) is 4.73. The van der Waals surface area contributed by atoms with Crippen LogP contribution in [0.2, 0.25) is 0 Å². The summed E-state index contributed by atoms with van der Waals surface area (Å²) in [6.45, 7) is 6.37. The molecule has 0 atom stereocenters. The van der Waals surface area contributed by atoms with Gasteiger partial charge in [0.2, 0.25) is 0 Å². The summed E-state index contributed by atoms with van der Waals surface area (Å²) in [4.78, 5) is 4.51. The summed E-state index contributed by atoms with van der Waals surface area (Å²) < 4.78 is 0. The van der Waals surface area contributed by atoms with Crippen molar-refractivity contribution in [3.63, 3.8) is 0 Å². The number of nitriles is 1. The summed E-state index contributed by atoms with van der Waals surface area (Å²) in [6, 6.07) is 2.93. The molecule has 0 saturated heterocycles. The fourth-order valence-electron chi connectivity index (χ4n) is 1.86. The summed E-state index contributed by atoms with van der Waals surface area (Å²) in [5, 5.41) is 9.14. The van der Waals surface area contributed by atoms with E-state index >= 15 is 0 Å². The van der Waals surface area contributed by atoms with Crippen LogP contribution in [-0.2, 0) is 0 Å². The standard InChI is InChI=1S/C11H21N3/c1-10(2)14(8-7-13(3)4)11(9-12)5-6-11/h10H,5-8H2,1-4H3. The van der Waals surface area contributed by atoms with E-state index in [-0.39, 0.29) is 5.54 Å². The first kappa shape index (κ1) is 11.5. The van der Waals surface area contributed by atoms with Crippen LogP contribution in [0, 0.1) is 11.3 Å². The molecule has 0 aromatic rings. The lowest BCUT2D eigenvalue weighted by Crippen LogP contribution is -2.44. The maximum Gasteiger partial charge on any atom is 0.109 e. The molecule has 0 amide bonds. The Morgan fingerprint density at radius 3 is 2.14 bits per heavy atom. The van der Waals surface area contributed by atoms with Gasteiger partial charge in [-0.3, -0.25) is 4.90 Å². The highest BCUT2D eigenvalue weighted by Gasteiger charge is 2.49. The van der Waals surface area contributed by atoms with Gasteiger partial charge in [0.1, 0.15) is 5.54 Å². The summed E-state index contributed by atoms with van der Waals surface area (Å²) in [6.07, 6.45) is 2.10. The predicted octanol–water partition coefficient (Wildman–Crippen LogP) is 1.31. The second-order valence-electron chi connectivity index (χ2n) is 4.73. The van der Waals surface area contributed by atoms with Crippen LogP contribution in [0.3, 0.4) is 0 Å². The van der Waals surface area contributed by atoms with E-state index in [4.69, 9.17) is 5.26 Å². The van der Waals surface area contributed by atoms with Gasteiger partial charge in [-0.15, -0.1) is 0 Å². The van der Waals surface area contributed by atoms with Gasteiger partial charge in [-0.25, -0.2) is 0 Å². The zero-order chi connectivity index (χ0) is 10.8. The SMILES string of the molecule is CC(C)N(CCN(C)C)C1(C#N)CC1. The van der Waals surface area contributed by atoms with Gasteiger partial charge in [0.25, 0.3) is 0 Å². The van der Waals surface area contributed by atoms with E-state index in [1.807, 2.05) is 0 Å². The first-order valence-electron chi connectivity index (χ1n) is 5.34. The fourth-order valence-corrected chi connectivity index (χ4v) is 1.86. The lowest BCUT2D eigenvalue weighted by atomic mass is 10.2. The molecular formula is C11H21N3. The second kappa shape index (κ2) is 4.29. The molecule has 80 valence electrons. The molecule has 1 rings (SSSR count). The molecule has 1 saturated carbocycles. The predicted molar refractivity (Wildman–Crippen MR) is 58.0 cm³/mol. The van der Waals surface area contributed by atoms with Gasteiger partial charge in [0.05, 0.1) is 6.07 Å². The average molecular weight is 195 g/mol. The van der Waals surface area contributed by atoms with E-state index < -0.39 is 0 Å². The molecule has 0 aromatic carbocycles. The number of rotatable bonds is 5. The van der Waals surface area contributed by atoms with Crippen LogP contribution in [-0.4, -0.2) is 48.6 Å². The van der Waals surface area contributed by atoms with Gasteiger partial charge in [-0.05, 0) is 40.8 Å². The fraction of sp³-hybridized carbons (Fsp3) is 0.909. The molecule has 0 aliphatic heterocycles. The van der Waals surface area contributed by atoms with Gasteiger partial charge in [-0.1, -0.05) is 0 Å². The third-order valence-electron chi connectivity index (χ3n) is 2.89. The maximum atomic E-state index is 9.14. The van der Waals surface area contributed by atoms with Crippen molar-refractivity contribution in [2.45, 2.75) is 38.3 Å². The van der Waals surface area contributed by atoms with Crippen molar-refractivity contribution in [3.8, 4) is 6.07 Å². The molecule has 0 spiro atoms. The van der Waals surface area contributed by atoms with Gasteiger partial charge in [0, 0.05) is 19.1 Å². The van der Waals surface area contributed by atoms with Crippen LogP contribution in [0.5, 0.6) is 0 Å². The first-order valence-corrected chi connectivity index (χ1v) is 5.34. The van der Waals surface area contributed by atoms with Gasteiger partial charge < -0.3 is 4.90 Å². The largest absolute Gasteiger partial charge is 0.308 e. The Bertz CT molecular complexity index is 223. The van der Waals surface area contributed by atoms with E-state index in [2.05, 4.69) is 43.8 Å². The van der Waals surface area contributed by atoms with Crippen molar-refractivity contribution in [2.24, 2.45) is 0 Å². The Balaban J connectivity index is 2.53. The van der Waals surface area contributed by atoms with E-state index in [9.17, 15) is 0 Å². The van der Waals surface area contributed by atoms with Crippen LogP contribution in [0.25, 0.3) is 0 Å². The third-order valence-corrected chi connectivity index (χ3v) is 2.89. The van der Waals surface area contributed by atoms with Gasteiger partial charge >= 0.3 is 0 Å². The summed E-state index contributed by atoms with van der Waals surface area (Å²) in [5.74, 6) is 0. The summed E-state index contributed by atoms with van der Waals surface area (Å²) in [5.41, 5.74) is -0.121. The molecule has 0 N–H and O–H groups in total. The number of likely N-dealkylation sites (N-methyl/N-ethyl adjacent to an activating group) is 1. The van der Waals surface area contributed by atoms with E-state index in [0.29, 0.717) is 6.04 Å². The first-order chi connectivity index (χ1) is 6.52. The van der Waals surface area contributed by atoms with Crippen LogP contribution >= 0.6 is 0 Å². The summed E-state index contributed by atoms with van der Waals surface area (Å²) in [7, 11) is 4.15. The Kier molecular flexibility index (Phi) is 3.52. The highest BCUT2D eigenvalue weighted by Crippen LogP contribution is 2.41. The van der Waals surface area contributed by atoms with Crippen molar-refractivity contribution in [1.82, 2.24) is 9.80 Å². The van der Waals surface area contributed by atoms with Crippen molar-refractivity contribution in [2.75, 3.05) is 27.2 Å². The van der Waals surface area contributed by atoms with Gasteiger partial charge in [0.15, 0.2) is 0 Å².